The molecule has 21 heavy (non-hydrogen) atoms. The maximum Gasteiger partial charge on any atom is 0.337 e. The summed E-state index contributed by atoms with van der Waals surface area (Å²) in [4.78, 5) is 23.8. The predicted octanol–water partition coefficient (Wildman–Crippen LogP) is 2.24. The van der Waals surface area contributed by atoms with Crippen LogP contribution in [-0.4, -0.2) is 25.0 Å². The monoisotopic (exact) mass is 290 g/mol. The number of rotatable bonds is 3. The third-order valence-electron chi connectivity index (χ3n) is 4.06. The summed E-state index contributed by atoms with van der Waals surface area (Å²) in [6.07, 6.45) is 3.88. The summed E-state index contributed by atoms with van der Waals surface area (Å²) in [5.74, 6) is -0.542. The molecule has 1 aliphatic rings. The minimum Gasteiger partial charge on any atom is -0.465 e. The predicted molar refractivity (Wildman–Crippen MR) is 81.1 cm³/mol. The first-order valence-electron chi connectivity index (χ1n) is 7.28. The van der Waals surface area contributed by atoms with Gasteiger partial charge in [-0.2, -0.15) is 0 Å². The molecular formula is C16H22N2O3. The van der Waals surface area contributed by atoms with Gasteiger partial charge in [0.2, 0.25) is 5.91 Å². The molecule has 1 aromatic carbocycles. The second kappa shape index (κ2) is 6.72. The molecule has 0 radical (unpaired) electrons. The van der Waals surface area contributed by atoms with Crippen molar-refractivity contribution in [3.63, 3.8) is 0 Å². The summed E-state index contributed by atoms with van der Waals surface area (Å²) in [5.41, 5.74) is 8.05. The Bertz CT molecular complexity index is 542. The van der Waals surface area contributed by atoms with Crippen LogP contribution in [0.4, 0.5) is 5.69 Å². The standard InChI is InChI=1S/C16H22N2O3/c1-10-9-11(16(20)21-2)7-8-14(10)18-15(19)12-5-3-4-6-13(12)17/h7-9,12-13H,3-6,17H2,1-2H3,(H,18,19). The fourth-order valence-electron chi connectivity index (χ4n) is 2.76. The Balaban J connectivity index is 2.08. The second-order valence-electron chi connectivity index (χ2n) is 5.57. The van der Waals surface area contributed by atoms with Crippen molar-refractivity contribution < 1.29 is 14.3 Å². The molecule has 1 aromatic rings. The first-order valence-corrected chi connectivity index (χ1v) is 7.28. The first-order chi connectivity index (χ1) is 10.0. The number of carbonyl (C=O) groups excluding carboxylic acids is 2. The molecule has 1 amide bonds. The summed E-state index contributed by atoms with van der Waals surface area (Å²) < 4.78 is 4.68. The smallest absolute Gasteiger partial charge is 0.337 e. The maximum atomic E-state index is 12.3. The number of amides is 1. The summed E-state index contributed by atoms with van der Waals surface area (Å²) >= 11 is 0. The molecule has 0 heterocycles. The van der Waals surface area contributed by atoms with Crippen molar-refractivity contribution >= 4 is 17.6 Å². The van der Waals surface area contributed by atoms with Crippen LogP contribution in [0.3, 0.4) is 0 Å². The Hall–Kier alpha value is -1.88. The fraction of sp³-hybridized carbons (Fsp3) is 0.500. The summed E-state index contributed by atoms with van der Waals surface area (Å²) in [6.45, 7) is 1.85. The Kier molecular flexibility index (Phi) is 4.96. The van der Waals surface area contributed by atoms with Gasteiger partial charge >= 0.3 is 5.97 Å². The number of hydrogen-bond donors (Lipinski definition) is 2. The maximum absolute atomic E-state index is 12.3. The van der Waals surface area contributed by atoms with Crippen molar-refractivity contribution in [1.29, 1.82) is 0 Å². The van der Waals surface area contributed by atoms with Crippen molar-refractivity contribution in [2.75, 3.05) is 12.4 Å². The van der Waals surface area contributed by atoms with Gasteiger partial charge in [0.1, 0.15) is 0 Å². The number of anilines is 1. The molecular weight excluding hydrogens is 268 g/mol. The van der Waals surface area contributed by atoms with Crippen LogP contribution < -0.4 is 11.1 Å². The molecule has 1 saturated carbocycles. The number of nitrogens with one attached hydrogen (secondary N) is 1. The summed E-state index contributed by atoms with van der Waals surface area (Å²) in [7, 11) is 1.35. The molecule has 5 nitrogen and oxygen atoms in total. The zero-order valence-corrected chi connectivity index (χ0v) is 12.5. The Morgan fingerprint density at radius 2 is 2.00 bits per heavy atom. The molecule has 1 aliphatic carbocycles. The van der Waals surface area contributed by atoms with Crippen molar-refractivity contribution in [1.82, 2.24) is 0 Å². The van der Waals surface area contributed by atoms with Gasteiger partial charge in [0, 0.05) is 11.7 Å². The van der Waals surface area contributed by atoms with E-state index in [0.29, 0.717) is 11.3 Å². The number of carbonyl (C=O) groups is 2. The van der Waals surface area contributed by atoms with Gasteiger partial charge in [-0.1, -0.05) is 12.8 Å². The minimum absolute atomic E-state index is 0.0314. The van der Waals surface area contributed by atoms with Crippen molar-refractivity contribution in [2.45, 2.75) is 38.6 Å². The van der Waals surface area contributed by atoms with E-state index in [1.807, 2.05) is 6.92 Å². The number of aryl methyl sites for hydroxylation is 1. The molecule has 2 atom stereocenters. The van der Waals surface area contributed by atoms with Gasteiger partial charge in [0.25, 0.3) is 0 Å². The number of benzene rings is 1. The molecule has 2 rings (SSSR count). The number of hydrogen-bond acceptors (Lipinski definition) is 4. The van der Waals surface area contributed by atoms with Gasteiger partial charge in [0.15, 0.2) is 0 Å². The van der Waals surface area contributed by atoms with Gasteiger partial charge in [-0.05, 0) is 43.5 Å². The highest BCUT2D eigenvalue weighted by Crippen LogP contribution is 2.25. The third-order valence-corrected chi connectivity index (χ3v) is 4.06. The van der Waals surface area contributed by atoms with Gasteiger partial charge in [-0.25, -0.2) is 4.79 Å². The van der Waals surface area contributed by atoms with Crippen LogP contribution in [0.2, 0.25) is 0 Å². The van der Waals surface area contributed by atoms with Crippen LogP contribution in [0.25, 0.3) is 0 Å². The molecule has 0 aliphatic heterocycles. The largest absolute Gasteiger partial charge is 0.465 e. The third kappa shape index (κ3) is 3.61. The fourth-order valence-corrected chi connectivity index (χ4v) is 2.76. The minimum atomic E-state index is -0.384. The van der Waals surface area contributed by atoms with E-state index >= 15 is 0 Å². The molecule has 2 unspecified atom stereocenters. The van der Waals surface area contributed by atoms with Crippen LogP contribution in [-0.2, 0) is 9.53 Å². The lowest BCUT2D eigenvalue weighted by Gasteiger charge is -2.27. The zero-order chi connectivity index (χ0) is 15.4. The average molecular weight is 290 g/mol. The van der Waals surface area contributed by atoms with E-state index in [4.69, 9.17) is 5.73 Å². The molecule has 1 fully saturated rings. The average Bonchev–Trinajstić information content (AvgIpc) is 2.48. The number of nitrogens with two attached hydrogens (primary N) is 1. The van der Waals surface area contributed by atoms with Crippen molar-refractivity contribution in [3.8, 4) is 0 Å². The molecule has 114 valence electrons. The first kappa shape index (κ1) is 15.5. The molecule has 0 aromatic heterocycles. The highest BCUT2D eigenvalue weighted by molar-refractivity contribution is 5.95. The van der Waals surface area contributed by atoms with Gasteiger partial charge in [-0.3, -0.25) is 4.79 Å². The molecule has 0 spiro atoms. The van der Waals surface area contributed by atoms with Crippen LogP contribution in [0.1, 0.15) is 41.6 Å². The zero-order valence-electron chi connectivity index (χ0n) is 12.5. The lowest BCUT2D eigenvalue weighted by Crippen LogP contribution is -2.40. The molecule has 5 heteroatoms. The Labute approximate surface area is 124 Å². The topological polar surface area (TPSA) is 81.4 Å². The normalized spacial score (nSPS) is 21.7. The molecule has 3 N–H and O–H groups in total. The number of esters is 1. The lowest BCUT2D eigenvalue weighted by atomic mass is 9.84. The Morgan fingerprint density at radius 3 is 2.62 bits per heavy atom. The quantitative estimate of drug-likeness (QED) is 0.836. The van der Waals surface area contributed by atoms with Crippen LogP contribution in [0.15, 0.2) is 18.2 Å². The molecule has 0 bridgehead atoms. The highest BCUT2D eigenvalue weighted by atomic mass is 16.5. The SMILES string of the molecule is COC(=O)c1ccc(NC(=O)C2CCCCC2N)c(C)c1. The lowest BCUT2D eigenvalue weighted by molar-refractivity contribution is -0.121. The summed E-state index contributed by atoms with van der Waals surface area (Å²) in [5, 5.41) is 2.92. The van der Waals surface area contributed by atoms with Crippen molar-refractivity contribution in [2.24, 2.45) is 11.7 Å². The highest BCUT2D eigenvalue weighted by Gasteiger charge is 2.28. The van der Waals surface area contributed by atoms with E-state index in [1.54, 1.807) is 18.2 Å². The number of methoxy groups -OCH3 is 1. The van der Waals surface area contributed by atoms with Crippen molar-refractivity contribution in [3.05, 3.63) is 29.3 Å². The van der Waals surface area contributed by atoms with E-state index < -0.39 is 0 Å². The van der Waals surface area contributed by atoms with E-state index in [-0.39, 0.29) is 23.8 Å². The van der Waals surface area contributed by atoms with Gasteiger partial charge < -0.3 is 15.8 Å². The molecule has 0 saturated heterocycles. The van der Waals surface area contributed by atoms with E-state index in [1.165, 1.54) is 7.11 Å². The van der Waals surface area contributed by atoms with Crippen LogP contribution in [0, 0.1) is 12.8 Å². The summed E-state index contributed by atoms with van der Waals surface area (Å²) in [6, 6.07) is 5.03. The van der Waals surface area contributed by atoms with E-state index in [2.05, 4.69) is 10.1 Å². The van der Waals surface area contributed by atoms with Gasteiger partial charge in [0.05, 0.1) is 18.6 Å². The van der Waals surface area contributed by atoms with E-state index in [9.17, 15) is 9.59 Å². The Morgan fingerprint density at radius 1 is 1.29 bits per heavy atom. The van der Waals surface area contributed by atoms with Crippen LogP contribution >= 0.6 is 0 Å². The number of ether oxygens (including phenoxy) is 1. The second-order valence-corrected chi connectivity index (χ2v) is 5.57. The van der Waals surface area contributed by atoms with Crippen LogP contribution in [0.5, 0.6) is 0 Å². The van der Waals surface area contributed by atoms with Gasteiger partial charge in [-0.15, -0.1) is 0 Å². The van der Waals surface area contributed by atoms with E-state index in [0.717, 1.165) is 31.2 Å².